The third kappa shape index (κ3) is 3.25. The molecule has 124 valence electrons. The number of hydrogen-bond donors (Lipinski definition) is 2. The number of aromatic amines is 1. The first-order chi connectivity index (χ1) is 12.3. The lowest BCUT2D eigenvalue weighted by atomic mass is 10.2. The lowest BCUT2D eigenvalue weighted by molar-refractivity contribution is 0.415. The average Bonchev–Trinajstić information content (AvgIpc) is 3.29. The Hall–Kier alpha value is -3.12. The van der Waals surface area contributed by atoms with Gasteiger partial charge in [0.2, 0.25) is 5.13 Å². The third-order valence-corrected chi connectivity index (χ3v) is 4.60. The predicted octanol–water partition coefficient (Wildman–Crippen LogP) is 4.75. The normalized spacial score (nSPS) is 11.2. The number of ether oxygens (including phenoxy) is 1. The van der Waals surface area contributed by atoms with Crippen LogP contribution in [0.2, 0.25) is 0 Å². The number of aromatic nitrogens is 2. The van der Waals surface area contributed by atoms with Gasteiger partial charge in [0.05, 0.1) is 19.0 Å². The molecule has 0 spiro atoms. The number of fused-ring (bicyclic) bond motifs is 1. The van der Waals surface area contributed by atoms with Crippen LogP contribution in [0.1, 0.15) is 5.56 Å². The van der Waals surface area contributed by atoms with E-state index in [1.807, 2.05) is 54.0 Å². The summed E-state index contributed by atoms with van der Waals surface area (Å²) in [5.41, 5.74) is 7.04. The van der Waals surface area contributed by atoms with E-state index in [0.29, 0.717) is 0 Å². The highest BCUT2D eigenvalue weighted by Crippen LogP contribution is 2.27. The molecular formula is C19H16N4OS. The van der Waals surface area contributed by atoms with E-state index in [-0.39, 0.29) is 0 Å². The minimum Gasteiger partial charge on any atom is -0.497 e. The molecule has 0 unspecified atom stereocenters. The molecule has 2 N–H and O–H groups in total. The van der Waals surface area contributed by atoms with Crippen LogP contribution in [-0.4, -0.2) is 23.3 Å². The summed E-state index contributed by atoms with van der Waals surface area (Å²) in [5, 5.41) is 8.19. The Morgan fingerprint density at radius 1 is 1.20 bits per heavy atom. The van der Waals surface area contributed by atoms with E-state index in [1.165, 1.54) is 11.3 Å². The zero-order valence-corrected chi connectivity index (χ0v) is 14.4. The minimum absolute atomic E-state index is 0.744. The Kier molecular flexibility index (Phi) is 4.18. The predicted molar refractivity (Wildman–Crippen MR) is 104 cm³/mol. The van der Waals surface area contributed by atoms with Gasteiger partial charge in [-0.1, -0.05) is 30.3 Å². The standard InChI is InChI=1S/C19H16N4OS/c1-24-15-6-4-5-13(9-15)18-12-25-19(22-18)23-21-11-14-10-20-17-8-3-2-7-16(14)17/h2-12,20H,1H3,(H,22,23)/b21-11+. The quantitative estimate of drug-likeness (QED) is 0.404. The summed E-state index contributed by atoms with van der Waals surface area (Å²) < 4.78 is 5.26. The Bertz CT molecular complexity index is 1030. The van der Waals surface area contributed by atoms with Gasteiger partial charge in [-0.3, -0.25) is 5.43 Å². The van der Waals surface area contributed by atoms with Gasteiger partial charge >= 0.3 is 0 Å². The number of rotatable bonds is 5. The molecule has 0 aliphatic rings. The lowest BCUT2D eigenvalue weighted by Gasteiger charge is -2.01. The zero-order chi connectivity index (χ0) is 17.1. The van der Waals surface area contributed by atoms with Gasteiger partial charge < -0.3 is 9.72 Å². The van der Waals surface area contributed by atoms with Gasteiger partial charge in [-0.2, -0.15) is 5.10 Å². The molecule has 4 aromatic rings. The molecule has 0 radical (unpaired) electrons. The molecule has 4 rings (SSSR count). The molecule has 5 nitrogen and oxygen atoms in total. The molecule has 0 aliphatic carbocycles. The van der Waals surface area contributed by atoms with E-state index in [1.54, 1.807) is 13.3 Å². The topological polar surface area (TPSA) is 62.3 Å². The number of benzene rings is 2. The maximum atomic E-state index is 5.26. The van der Waals surface area contributed by atoms with Crippen molar-refractivity contribution in [1.82, 2.24) is 9.97 Å². The second-order valence-electron chi connectivity index (χ2n) is 5.43. The number of H-pyrrole nitrogens is 1. The summed E-state index contributed by atoms with van der Waals surface area (Å²) in [6, 6.07) is 16.0. The number of anilines is 1. The Morgan fingerprint density at radius 2 is 2.12 bits per heavy atom. The van der Waals surface area contributed by atoms with E-state index < -0.39 is 0 Å². The van der Waals surface area contributed by atoms with Crippen LogP contribution in [0, 0.1) is 0 Å². The molecule has 2 aromatic carbocycles. The van der Waals surface area contributed by atoms with Crippen molar-refractivity contribution in [3.63, 3.8) is 0 Å². The number of hydrogen-bond acceptors (Lipinski definition) is 5. The van der Waals surface area contributed by atoms with E-state index in [0.717, 1.165) is 38.6 Å². The van der Waals surface area contributed by atoms with Gasteiger partial charge in [0.1, 0.15) is 5.75 Å². The highest BCUT2D eigenvalue weighted by atomic mass is 32.1. The average molecular weight is 348 g/mol. The number of para-hydroxylation sites is 1. The van der Waals surface area contributed by atoms with Crippen LogP contribution in [0.3, 0.4) is 0 Å². The van der Waals surface area contributed by atoms with Crippen molar-refractivity contribution < 1.29 is 4.74 Å². The third-order valence-electron chi connectivity index (χ3n) is 3.85. The van der Waals surface area contributed by atoms with Gasteiger partial charge in [0, 0.05) is 33.6 Å². The van der Waals surface area contributed by atoms with Crippen molar-refractivity contribution in [2.75, 3.05) is 12.5 Å². The maximum Gasteiger partial charge on any atom is 0.203 e. The molecule has 6 heteroatoms. The first-order valence-corrected chi connectivity index (χ1v) is 8.66. The summed E-state index contributed by atoms with van der Waals surface area (Å²) >= 11 is 1.51. The van der Waals surface area contributed by atoms with Crippen LogP contribution in [0.25, 0.3) is 22.2 Å². The van der Waals surface area contributed by atoms with Gasteiger partial charge in [0.25, 0.3) is 0 Å². The molecule has 0 saturated heterocycles. The van der Waals surface area contributed by atoms with Gasteiger partial charge in [-0.05, 0) is 18.2 Å². The zero-order valence-electron chi connectivity index (χ0n) is 13.6. The van der Waals surface area contributed by atoms with Gasteiger partial charge in [-0.25, -0.2) is 4.98 Å². The fraction of sp³-hybridized carbons (Fsp3) is 0.0526. The fourth-order valence-corrected chi connectivity index (χ4v) is 3.27. The van der Waals surface area contributed by atoms with Crippen LogP contribution in [0.4, 0.5) is 5.13 Å². The number of thiazole rings is 1. The van der Waals surface area contributed by atoms with Crippen LogP contribution >= 0.6 is 11.3 Å². The van der Waals surface area contributed by atoms with Gasteiger partial charge in [0.15, 0.2) is 0 Å². The first kappa shape index (κ1) is 15.4. The molecule has 0 saturated carbocycles. The molecular weight excluding hydrogens is 332 g/mol. The summed E-state index contributed by atoms with van der Waals surface area (Å²) in [5.74, 6) is 0.817. The van der Waals surface area contributed by atoms with E-state index >= 15 is 0 Å². The molecule has 25 heavy (non-hydrogen) atoms. The Morgan fingerprint density at radius 3 is 3.04 bits per heavy atom. The maximum absolute atomic E-state index is 5.26. The first-order valence-electron chi connectivity index (χ1n) is 7.78. The van der Waals surface area contributed by atoms with Crippen LogP contribution < -0.4 is 10.2 Å². The van der Waals surface area contributed by atoms with Crippen molar-refractivity contribution in [3.05, 3.63) is 65.7 Å². The largest absolute Gasteiger partial charge is 0.497 e. The highest BCUT2D eigenvalue weighted by Gasteiger charge is 2.05. The van der Waals surface area contributed by atoms with Crippen molar-refractivity contribution in [3.8, 4) is 17.0 Å². The number of hydrazone groups is 1. The monoisotopic (exact) mass is 348 g/mol. The number of nitrogens with zero attached hydrogens (tertiary/aromatic N) is 2. The fourth-order valence-electron chi connectivity index (χ4n) is 2.60. The number of nitrogens with one attached hydrogen (secondary N) is 2. The smallest absolute Gasteiger partial charge is 0.203 e. The summed E-state index contributed by atoms with van der Waals surface area (Å²) in [6.45, 7) is 0. The van der Waals surface area contributed by atoms with Crippen LogP contribution in [-0.2, 0) is 0 Å². The Labute approximate surface area is 149 Å². The van der Waals surface area contributed by atoms with Gasteiger partial charge in [-0.15, -0.1) is 11.3 Å². The van der Waals surface area contributed by atoms with Crippen molar-refractivity contribution in [2.45, 2.75) is 0 Å². The molecule has 2 aromatic heterocycles. The Balaban J connectivity index is 1.49. The van der Waals surface area contributed by atoms with Crippen molar-refractivity contribution in [1.29, 1.82) is 0 Å². The second-order valence-corrected chi connectivity index (χ2v) is 6.29. The van der Waals surface area contributed by atoms with E-state index in [9.17, 15) is 0 Å². The lowest BCUT2D eigenvalue weighted by Crippen LogP contribution is -1.90. The molecule has 0 bridgehead atoms. The van der Waals surface area contributed by atoms with Crippen LogP contribution in [0.15, 0.2) is 65.2 Å². The van der Waals surface area contributed by atoms with Crippen molar-refractivity contribution >= 4 is 33.6 Å². The molecule has 0 amide bonds. The second kappa shape index (κ2) is 6.78. The molecule has 0 atom stereocenters. The van der Waals surface area contributed by atoms with E-state index in [4.69, 9.17) is 4.74 Å². The SMILES string of the molecule is COc1cccc(-c2csc(N/N=C/c3c[nH]c4ccccc34)n2)c1. The highest BCUT2D eigenvalue weighted by molar-refractivity contribution is 7.14. The van der Waals surface area contributed by atoms with Crippen LogP contribution in [0.5, 0.6) is 5.75 Å². The summed E-state index contributed by atoms with van der Waals surface area (Å²) in [6.07, 6.45) is 3.74. The van der Waals surface area contributed by atoms with Crippen molar-refractivity contribution in [2.24, 2.45) is 5.10 Å². The molecule has 0 aliphatic heterocycles. The van der Waals surface area contributed by atoms with E-state index in [2.05, 4.69) is 26.6 Å². The molecule has 0 fully saturated rings. The summed E-state index contributed by atoms with van der Waals surface area (Å²) in [4.78, 5) is 7.80. The number of methoxy groups -OCH3 is 1. The minimum atomic E-state index is 0.744. The molecule has 2 heterocycles. The summed E-state index contributed by atoms with van der Waals surface area (Å²) in [7, 11) is 1.66.